The predicted octanol–water partition coefficient (Wildman–Crippen LogP) is 4.36. The molecule has 0 fully saturated rings. The van der Waals surface area contributed by atoms with Crippen LogP contribution >= 0.6 is 0 Å². The van der Waals surface area contributed by atoms with E-state index in [0.29, 0.717) is 12.1 Å². The summed E-state index contributed by atoms with van der Waals surface area (Å²) in [6.07, 6.45) is 0. The molecule has 0 aromatic heterocycles. The molecule has 0 heterocycles. The van der Waals surface area contributed by atoms with Crippen molar-refractivity contribution < 1.29 is 4.39 Å². The number of rotatable bonds is 3. The van der Waals surface area contributed by atoms with Gasteiger partial charge in [-0.3, -0.25) is 0 Å². The standard InChI is InChI=1S/C16H18FN/c1-11-4-7-16(13(3)8-11)18-10-14-5-6-15(17)12(2)9-14/h4-9,18H,10H2,1-3H3. The maximum absolute atomic E-state index is 13.2. The molecule has 0 radical (unpaired) electrons. The van der Waals surface area contributed by atoms with Gasteiger partial charge < -0.3 is 5.32 Å². The van der Waals surface area contributed by atoms with E-state index in [2.05, 4.69) is 37.4 Å². The number of hydrogen-bond acceptors (Lipinski definition) is 1. The average Bonchev–Trinajstić information content (AvgIpc) is 2.32. The van der Waals surface area contributed by atoms with Gasteiger partial charge in [0, 0.05) is 12.2 Å². The van der Waals surface area contributed by atoms with E-state index in [1.165, 1.54) is 17.2 Å². The Labute approximate surface area is 108 Å². The first-order chi connectivity index (χ1) is 8.56. The Morgan fingerprint density at radius 2 is 1.72 bits per heavy atom. The van der Waals surface area contributed by atoms with E-state index < -0.39 is 0 Å². The van der Waals surface area contributed by atoms with Crippen LogP contribution in [0.2, 0.25) is 0 Å². The second-order valence-electron chi connectivity index (χ2n) is 4.76. The quantitative estimate of drug-likeness (QED) is 0.844. The van der Waals surface area contributed by atoms with Crippen LogP contribution in [0.25, 0.3) is 0 Å². The monoisotopic (exact) mass is 243 g/mol. The zero-order valence-corrected chi connectivity index (χ0v) is 11.0. The third-order valence-corrected chi connectivity index (χ3v) is 3.09. The molecule has 0 atom stereocenters. The van der Waals surface area contributed by atoms with E-state index in [1.54, 1.807) is 6.92 Å². The molecule has 0 unspecified atom stereocenters. The molecule has 18 heavy (non-hydrogen) atoms. The van der Waals surface area contributed by atoms with Crippen molar-refractivity contribution in [2.24, 2.45) is 0 Å². The van der Waals surface area contributed by atoms with Crippen LogP contribution in [0.3, 0.4) is 0 Å². The van der Waals surface area contributed by atoms with Gasteiger partial charge in [0.2, 0.25) is 0 Å². The Morgan fingerprint density at radius 3 is 2.39 bits per heavy atom. The number of anilines is 1. The molecule has 2 rings (SSSR count). The minimum Gasteiger partial charge on any atom is -0.381 e. The second-order valence-corrected chi connectivity index (χ2v) is 4.76. The molecule has 0 saturated heterocycles. The highest BCUT2D eigenvalue weighted by Gasteiger charge is 2.01. The first-order valence-corrected chi connectivity index (χ1v) is 6.12. The Morgan fingerprint density at radius 1 is 0.944 bits per heavy atom. The normalized spacial score (nSPS) is 10.4. The predicted molar refractivity (Wildman–Crippen MR) is 74.4 cm³/mol. The molecule has 2 aromatic rings. The Hall–Kier alpha value is -1.83. The van der Waals surface area contributed by atoms with E-state index >= 15 is 0 Å². The smallest absolute Gasteiger partial charge is 0.126 e. The summed E-state index contributed by atoms with van der Waals surface area (Å²) in [7, 11) is 0. The molecular weight excluding hydrogens is 225 g/mol. The molecule has 2 aromatic carbocycles. The molecule has 0 spiro atoms. The molecule has 0 aliphatic carbocycles. The first kappa shape index (κ1) is 12.6. The summed E-state index contributed by atoms with van der Waals surface area (Å²) in [5, 5.41) is 3.38. The minimum absolute atomic E-state index is 0.148. The summed E-state index contributed by atoms with van der Waals surface area (Å²) in [4.78, 5) is 0. The number of aryl methyl sites for hydroxylation is 3. The maximum Gasteiger partial charge on any atom is 0.126 e. The van der Waals surface area contributed by atoms with Gasteiger partial charge in [-0.15, -0.1) is 0 Å². The van der Waals surface area contributed by atoms with Crippen molar-refractivity contribution in [2.75, 3.05) is 5.32 Å². The molecule has 0 bridgehead atoms. The molecule has 2 heteroatoms. The molecule has 94 valence electrons. The Bertz CT molecular complexity index is 561. The highest BCUT2D eigenvalue weighted by Crippen LogP contribution is 2.17. The van der Waals surface area contributed by atoms with Crippen molar-refractivity contribution in [1.82, 2.24) is 0 Å². The van der Waals surface area contributed by atoms with Gasteiger partial charge in [-0.2, -0.15) is 0 Å². The number of benzene rings is 2. The topological polar surface area (TPSA) is 12.0 Å². The fourth-order valence-corrected chi connectivity index (χ4v) is 2.03. The number of nitrogens with one attached hydrogen (secondary N) is 1. The maximum atomic E-state index is 13.2. The largest absolute Gasteiger partial charge is 0.381 e. The van der Waals surface area contributed by atoms with Gasteiger partial charge >= 0.3 is 0 Å². The lowest BCUT2D eigenvalue weighted by atomic mass is 10.1. The van der Waals surface area contributed by atoms with E-state index in [-0.39, 0.29) is 5.82 Å². The highest BCUT2D eigenvalue weighted by atomic mass is 19.1. The molecule has 1 nitrogen and oxygen atoms in total. The van der Waals surface area contributed by atoms with Gasteiger partial charge in [-0.1, -0.05) is 29.8 Å². The third-order valence-electron chi connectivity index (χ3n) is 3.09. The number of halogens is 1. The van der Waals surface area contributed by atoms with Gasteiger partial charge in [-0.25, -0.2) is 4.39 Å². The van der Waals surface area contributed by atoms with Gasteiger partial charge in [0.15, 0.2) is 0 Å². The van der Waals surface area contributed by atoms with Gasteiger partial charge in [0.05, 0.1) is 0 Å². The fraction of sp³-hybridized carbons (Fsp3) is 0.250. The van der Waals surface area contributed by atoms with Crippen LogP contribution in [0.15, 0.2) is 36.4 Å². The molecule has 0 amide bonds. The molecule has 1 N–H and O–H groups in total. The summed E-state index contributed by atoms with van der Waals surface area (Å²) in [5.74, 6) is -0.148. The molecule has 0 saturated carbocycles. The summed E-state index contributed by atoms with van der Waals surface area (Å²) in [6.45, 7) is 6.67. The molecule has 0 aliphatic heterocycles. The van der Waals surface area contributed by atoms with E-state index in [1.807, 2.05) is 12.1 Å². The van der Waals surface area contributed by atoms with Crippen LogP contribution < -0.4 is 5.32 Å². The average molecular weight is 243 g/mol. The second kappa shape index (κ2) is 5.21. The van der Waals surface area contributed by atoms with Crippen LogP contribution in [0, 0.1) is 26.6 Å². The van der Waals surface area contributed by atoms with Crippen molar-refractivity contribution >= 4 is 5.69 Å². The van der Waals surface area contributed by atoms with Gasteiger partial charge in [0.25, 0.3) is 0 Å². The summed E-state index contributed by atoms with van der Waals surface area (Å²) < 4.78 is 13.2. The van der Waals surface area contributed by atoms with E-state index in [9.17, 15) is 4.39 Å². The van der Waals surface area contributed by atoms with Crippen molar-refractivity contribution in [1.29, 1.82) is 0 Å². The number of hydrogen-bond donors (Lipinski definition) is 1. The SMILES string of the molecule is Cc1ccc(NCc2ccc(F)c(C)c2)c(C)c1. The summed E-state index contributed by atoms with van der Waals surface area (Å²) >= 11 is 0. The van der Waals surface area contributed by atoms with Crippen LogP contribution in [0.5, 0.6) is 0 Å². The highest BCUT2D eigenvalue weighted by molar-refractivity contribution is 5.52. The van der Waals surface area contributed by atoms with Crippen LogP contribution in [0.1, 0.15) is 22.3 Å². The van der Waals surface area contributed by atoms with Crippen LogP contribution in [0.4, 0.5) is 10.1 Å². The zero-order valence-electron chi connectivity index (χ0n) is 11.0. The van der Waals surface area contributed by atoms with Gasteiger partial charge in [-0.05, 0) is 49.6 Å². The lowest BCUT2D eigenvalue weighted by Crippen LogP contribution is -2.01. The lowest BCUT2D eigenvalue weighted by molar-refractivity contribution is 0.617. The summed E-state index contributed by atoms with van der Waals surface area (Å²) in [5.41, 5.74) is 5.40. The minimum atomic E-state index is -0.148. The van der Waals surface area contributed by atoms with Crippen molar-refractivity contribution in [2.45, 2.75) is 27.3 Å². The van der Waals surface area contributed by atoms with Crippen LogP contribution in [-0.4, -0.2) is 0 Å². The zero-order chi connectivity index (χ0) is 13.1. The Kier molecular flexibility index (Phi) is 3.66. The Balaban J connectivity index is 2.09. The van der Waals surface area contributed by atoms with Crippen molar-refractivity contribution in [3.63, 3.8) is 0 Å². The lowest BCUT2D eigenvalue weighted by Gasteiger charge is -2.11. The van der Waals surface area contributed by atoms with E-state index in [0.717, 1.165) is 11.3 Å². The molecule has 0 aliphatic rings. The van der Waals surface area contributed by atoms with Crippen molar-refractivity contribution in [3.8, 4) is 0 Å². The molecular formula is C16H18FN. The van der Waals surface area contributed by atoms with Crippen molar-refractivity contribution in [3.05, 3.63) is 64.5 Å². The fourth-order valence-electron chi connectivity index (χ4n) is 2.03. The van der Waals surface area contributed by atoms with E-state index in [4.69, 9.17) is 0 Å². The first-order valence-electron chi connectivity index (χ1n) is 6.12. The third kappa shape index (κ3) is 2.89. The van der Waals surface area contributed by atoms with Gasteiger partial charge in [0.1, 0.15) is 5.82 Å². The van der Waals surface area contributed by atoms with Crippen LogP contribution in [-0.2, 0) is 6.54 Å². The summed E-state index contributed by atoms with van der Waals surface area (Å²) in [6, 6.07) is 11.5.